The lowest BCUT2D eigenvalue weighted by Crippen LogP contribution is -2.35. The second-order valence-corrected chi connectivity index (χ2v) is 7.75. The van der Waals surface area contributed by atoms with Crippen LogP contribution in [0.3, 0.4) is 0 Å². The van der Waals surface area contributed by atoms with E-state index in [0.29, 0.717) is 17.4 Å². The van der Waals surface area contributed by atoms with E-state index in [4.69, 9.17) is 4.74 Å². The van der Waals surface area contributed by atoms with Gasteiger partial charge in [-0.3, -0.25) is 4.79 Å². The van der Waals surface area contributed by atoms with Gasteiger partial charge in [-0.15, -0.1) is 11.8 Å². The van der Waals surface area contributed by atoms with Crippen LogP contribution >= 0.6 is 11.8 Å². The Morgan fingerprint density at radius 3 is 2.85 bits per heavy atom. The molecule has 26 heavy (non-hydrogen) atoms. The fraction of sp³-hybridized carbons (Fsp3) is 0.300. The number of thioether (sulfide) groups is 1. The minimum absolute atomic E-state index is 0.137. The number of hydrogen-bond acceptors (Lipinski definition) is 4. The molecule has 0 radical (unpaired) electrons. The van der Waals surface area contributed by atoms with Gasteiger partial charge in [0.1, 0.15) is 5.82 Å². The average Bonchev–Trinajstić information content (AvgIpc) is 2.79. The summed E-state index contributed by atoms with van der Waals surface area (Å²) in [7, 11) is 0. The van der Waals surface area contributed by atoms with Gasteiger partial charge in [0, 0.05) is 16.7 Å². The Morgan fingerprint density at radius 1 is 1.27 bits per heavy atom. The van der Waals surface area contributed by atoms with Gasteiger partial charge in [-0.05, 0) is 43.2 Å². The molecular formula is C20H20FNO3S. The molecule has 0 bridgehead atoms. The summed E-state index contributed by atoms with van der Waals surface area (Å²) in [5.74, 6) is -1.49. The molecule has 4 nitrogen and oxygen atoms in total. The molecule has 0 aromatic heterocycles. The maximum absolute atomic E-state index is 13.4. The highest BCUT2D eigenvalue weighted by Crippen LogP contribution is 2.37. The number of benzene rings is 2. The molecule has 0 fully saturated rings. The zero-order valence-electron chi connectivity index (χ0n) is 14.7. The first kappa shape index (κ1) is 18.5. The minimum Gasteiger partial charge on any atom is -0.452 e. The lowest BCUT2D eigenvalue weighted by atomic mass is 10.1. The molecule has 1 aliphatic rings. The summed E-state index contributed by atoms with van der Waals surface area (Å²) in [4.78, 5) is 27.6. The second kappa shape index (κ2) is 7.91. The number of aryl methyl sites for hydroxylation is 1. The second-order valence-electron chi connectivity index (χ2n) is 6.27. The van der Waals surface area contributed by atoms with Gasteiger partial charge in [-0.2, -0.15) is 0 Å². The summed E-state index contributed by atoms with van der Waals surface area (Å²) in [6.45, 7) is 4.02. The highest BCUT2D eigenvalue weighted by molar-refractivity contribution is 8.00. The average molecular weight is 373 g/mol. The van der Waals surface area contributed by atoms with Gasteiger partial charge in [0.15, 0.2) is 6.61 Å². The number of amides is 1. The first-order chi connectivity index (χ1) is 12.5. The van der Waals surface area contributed by atoms with E-state index in [2.05, 4.69) is 6.92 Å². The van der Waals surface area contributed by atoms with Crippen molar-refractivity contribution < 1.29 is 18.7 Å². The third-order valence-corrected chi connectivity index (χ3v) is 5.53. The van der Waals surface area contributed by atoms with Gasteiger partial charge in [0.05, 0.1) is 11.3 Å². The molecule has 2 aromatic carbocycles. The summed E-state index contributed by atoms with van der Waals surface area (Å²) >= 11 is 1.74. The van der Waals surface area contributed by atoms with Crippen molar-refractivity contribution in [1.82, 2.24) is 0 Å². The van der Waals surface area contributed by atoms with Gasteiger partial charge in [0.25, 0.3) is 5.91 Å². The van der Waals surface area contributed by atoms with Crippen LogP contribution in [-0.4, -0.2) is 30.3 Å². The molecule has 6 heteroatoms. The number of anilines is 1. The highest BCUT2D eigenvalue weighted by atomic mass is 32.2. The van der Waals surface area contributed by atoms with Crippen LogP contribution in [0.4, 0.5) is 10.1 Å². The van der Waals surface area contributed by atoms with Crippen LogP contribution < -0.4 is 4.90 Å². The molecule has 0 spiro atoms. The van der Waals surface area contributed by atoms with Crippen molar-refractivity contribution in [2.75, 3.05) is 18.1 Å². The van der Waals surface area contributed by atoms with E-state index >= 15 is 0 Å². The van der Waals surface area contributed by atoms with Gasteiger partial charge in [-0.25, -0.2) is 9.18 Å². The van der Waals surface area contributed by atoms with Gasteiger partial charge < -0.3 is 9.64 Å². The number of halogens is 1. The van der Waals surface area contributed by atoms with Crippen LogP contribution in [0.5, 0.6) is 0 Å². The van der Waals surface area contributed by atoms with E-state index in [1.807, 2.05) is 24.3 Å². The Labute approximate surface area is 156 Å². The summed E-state index contributed by atoms with van der Waals surface area (Å²) < 4.78 is 18.5. The van der Waals surface area contributed by atoms with Crippen LogP contribution in [0.2, 0.25) is 0 Å². The monoisotopic (exact) mass is 373 g/mol. The van der Waals surface area contributed by atoms with Gasteiger partial charge >= 0.3 is 5.97 Å². The SMILES string of the molecule is Cc1ccc(F)cc1C(=O)OCC(=O)N1CCC(C)Sc2ccccc21. The number of hydrogen-bond donors (Lipinski definition) is 0. The van der Waals surface area contributed by atoms with Crippen LogP contribution in [0.25, 0.3) is 0 Å². The number of para-hydroxylation sites is 1. The van der Waals surface area contributed by atoms with Crippen molar-refractivity contribution in [3.05, 3.63) is 59.4 Å². The summed E-state index contributed by atoms with van der Waals surface area (Å²) in [5, 5.41) is 0.395. The highest BCUT2D eigenvalue weighted by Gasteiger charge is 2.25. The van der Waals surface area contributed by atoms with Crippen molar-refractivity contribution in [3.8, 4) is 0 Å². The summed E-state index contributed by atoms with van der Waals surface area (Å²) in [6, 6.07) is 11.6. The van der Waals surface area contributed by atoms with Crippen molar-refractivity contribution in [2.45, 2.75) is 30.4 Å². The van der Waals surface area contributed by atoms with Gasteiger partial charge in [0.2, 0.25) is 0 Å². The predicted molar refractivity (Wildman–Crippen MR) is 100 cm³/mol. The van der Waals surface area contributed by atoms with Crippen molar-refractivity contribution >= 4 is 29.3 Å². The van der Waals surface area contributed by atoms with E-state index < -0.39 is 11.8 Å². The molecule has 1 atom stereocenters. The van der Waals surface area contributed by atoms with Crippen LogP contribution in [-0.2, 0) is 9.53 Å². The molecule has 1 amide bonds. The number of fused-ring (bicyclic) bond motifs is 1. The molecule has 1 unspecified atom stereocenters. The van der Waals surface area contributed by atoms with Crippen LogP contribution in [0.1, 0.15) is 29.3 Å². The Balaban J connectivity index is 1.72. The molecule has 0 aliphatic carbocycles. The fourth-order valence-corrected chi connectivity index (χ4v) is 3.96. The van der Waals surface area contributed by atoms with Crippen molar-refractivity contribution in [3.63, 3.8) is 0 Å². The molecule has 136 valence electrons. The summed E-state index contributed by atoms with van der Waals surface area (Å²) in [5.41, 5.74) is 1.58. The lowest BCUT2D eigenvalue weighted by molar-refractivity contribution is -0.121. The number of rotatable bonds is 3. The molecule has 0 saturated carbocycles. The Bertz CT molecular complexity index is 840. The van der Waals surface area contributed by atoms with E-state index in [0.717, 1.165) is 23.1 Å². The standard InChI is InChI=1S/C20H20FNO3S/c1-13-7-8-15(21)11-16(13)20(24)25-12-19(23)22-10-9-14(2)26-18-6-4-3-5-17(18)22/h3-8,11,14H,9-10,12H2,1-2H3. The molecule has 0 N–H and O–H groups in total. The first-order valence-corrected chi connectivity index (χ1v) is 9.33. The van der Waals surface area contributed by atoms with Crippen molar-refractivity contribution in [2.24, 2.45) is 0 Å². The molecule has 3 rings (SSSR count). The van der Waals surface area contributed by atoms with E-state index in [1.165, 1.54) is 12.1 Å². The third-order valence-electron chi connectivity index (χ3n) is 4.29. The molecule has 1 heterocycles. The molecule has 1 aliphatic heterocycles. The predicted octanol–water partition coefficient (Wildman–Crippen LogP) is 4.21. The quantitative estimate of drug-likeness (QED) is 0.756. The first-order valence-electron chi connectivity index (χ1n) is 8.45. The van der Waals surface area contributed by atoms with Gasteiger partial charge in [-0.1, -0.05) is 25.1 Å². The van der Waals surface area contributed by atoms with E-state index in [1.54, 1.807) is 23.6 Å². The Kier molecular flexibility index (Phi) is 5.61. The lowest BCUT2D eigenvalue weighted by Gasteiger charge is -2.22. The number of nitrogens with zero attached hydrogens (tertiary/aromatic N) is 1. The number of ether oxygens (including phenoxy) is 1. The molecule has 2 aromatic rings. The van der Waals surface area contributed by atoms with Crippen molar-refractivity contribution in [1.29, 1.82) is 0 Å². The third kappa shape index (κ3) is 4.07. The van der Waals surface area contributed by atoms with Crippen LogP contribution in [0.15, 0.2) is 47.4 Å². The Hall–Kier alpha value is -2.34. The maximum Gasteiger partial charge on any atom is 0.339 e. The molecule has 0 saturated heterocycles. The maximum atomic E-state index is 13.4. The smallest absolute Gasteiger partial charge is 0.339 e. The zero-order chi connectivity index (χ0) is 18.7. The van der Waals surface area contributed by atoms with Crippen LogP contribution in [0, 0.1) is 12.7 Å². The largest absolute Gasteiger partial charge is 0.452 e. The zero-order valence-corrected chi connectivity index (χ0v) is 15.5. The number of esters is 1. The molecular weight excluding hydrogens is 353 g/mol. The number of carbonyl (C=O) groups excluding carboxylic acids is 2. The summed E-state index contributed by atoms with van der Waals surface area (Å²) in [6.07, 6.45) is 0.849. The fourth-order valence-electron chi connectivity index (χ4n) is 2.84. The minimum atomic E-state index is -0.693. The topological polar surface area (TPSA) is 46.6 Å². The Morgan fingerprint density at radius 2 is 2.04 bits per heavy atom. The van der Waals surface area contributed by atoms with E-state index in [-0.39, 0.29) is 18.1 Å². The van der Waals surface area contributed by atoms with E-state index in [9.17, 15) is 14.0 Å². The number of carbonyl (C=O) groups is 2. The normalized spacial score (nSPS) is 16.6.